The molecule has 0 fully saturated rings. The van der Waals surface area contributed by atoms with Gasteiger partial charge in [0.1, 0.15) is 6.04 Å². The highest BCUT2D eigenvalue weighted by Gasteiger charge is 2.34. The number of nitrogens with one attached hydrogen (secondary N) is 2. The van der Waals surface area contributed by atoms with E-state index >= 15 is 0 Å². The standard InChI is InChI=1S/C24H19BrN6O/c1-15-20(23(32)28-19-11-6-12-26-14-19)21(17-9-5-10-18(25)13-17)31-24(27-15)29-22(30-31)16-7-3-2-4-8-16/h2-14,21H,1H3,(H,28,32)(H,27,29,30)/t21-/m1/s1. The molecule has 2 aromatic heterocycles. The van der Waals surface area contributed by atoms with Gasteiger partial charge in [-0.1, -0.05) is 58.4 Å². The van der Waals surface area contributed by atoms with Crippen molar-refractivity contribution in [2.45, 2.75) is 13.0 Å². The Balaban J connectivity index is 1.62. The molecule has 4 aromatic rings. The van der Waals surface area contributed by atoms with E-state index in [1.165, 1.54) is 0 Å². The highest BCUT2D eigenvalue weighted by atomic mass is 79.9. The maximum absolute atomic E-state index is 13.4. The van der Waals surface area contributed by atoms with E-state index in [0.29, 0.717) is 23.0 Å². The van der Waals surface area contributed by atoms with E-state index in [-0.39, 0.29) is 5.91 Å². The number of halogens is 1. The second-order valence-electron chi connectivity index (χ2n) is 7.39. The van der Waals surface area contributed by atoms with Crippen molar-refractivity contribution in [2.75, 3.05) is 10.6 Å². The number of benzene rings is 2. The van der Waals surface area contributed by atoms with Crippen LogP contribution in [0.1, 0.15) is 18.5 Å². The molecule has 8 heteroatoms. The molecule has 2 N–H and O–H groups in total. The van der Waals surface area contributed by atoms with E-state index < -0.39 is 6.04 Å². The Bertz CT molecular complexity index is 1320. The lowest BCUT2D eigenvalue weighted by Gasteiger charge is -2.28. The smallest absolute Gasteiger partial charge is 0.255 e. The number of carbonyl (C=O) groups excluding carboxylic acids is 1. The molecule has 0 radical (unpaired) electrons. The fourth-order valence-corrected chi connectivity index (χ4v) is 4.19. The second kappa shape index (κ2) is 8.39. The van der Waals surface area contributed by atoms with Gasteiger partial charge in [-0.3, -0.25) is 9.78 Å². The fraction of sp³-hybridized carbons (Fsp3) is 0.0833. The number of anilines is 2. The van der Waals surface area contributed by atoms with Crippen LogP contribution in [0.15, 0.2) is 94.9 Å². The number of allylic oxidation sites excluding steroid dienone is 1. The zero-order valence-electron chi connectivity index (χ0n) is 17.2. The van der Waals surface area contributed by atoms with Crippen molar-refractivity contribution < 1.29 is 4.79 Å². The van der Waals surface area contributed by atoms with E-state index in [4.69, 9.17) is 10.1 Å². The van der Waals surface area contributed by atoms with Gasteiger partial charge in [-0.25, -0.2) is 4.68 Å². The molecule has 32 heavy (non-hydrogen) atoms. The summed E-state index contributed by atoms with van der Waals surface area (Å²) in [4.78, 5) is 22.2. The summed E-state index contributed by atoms with van der Waals surface area (Å²) in [5.74, 6) is 0.953. The normalized spacial score (nSPS) is 15.1. The van der Waals surface area contributed by atoms with Crippen molar-refractivity contribution in [2.24, 2.45) is 0 Å². The highest BCUT2D eigenvalue weighted by molar-refractivity contribution is 9.10. The lowest BCUT2D eigenvalue weighted by molar-refractivity contribution is -0.113. The van der Waals surface area contributed by atoms with Gasteiger partial charge in [-0.2, -0.15) is 4.98 Å². The third-order valence-electron chi connectivity index (χ3n) is 5.21. The maximum atomic E-state index is 13.4. The number of fused-ring (bicyclic) bond motifs is 1. The Hall–Kier alpha value is -3.78. The van der Waals surface area contributed by atoms with E-state index in [1.807, 2.05) is 61.5 Å². The SMILES string of the molecule is CC1=C(C(=O)Nc2cccnc2)[C@@H](c2cccc(Br)c2)n2nc(-c3ccccc3)nc2N1. The van der Waals surface area contributed by atoms with Gasteiger partial charge in [0.15, 0.2) is 5.82 Å². The van der Waals surface area contributed by atoms with Crippen LogP contribution < -0.4 is 10.6 Å². The Labute approximate surface area is 193 Å². The molecule has 1 atom stereocenters. The summed E-state index contributed by atoms with van der Waals surface area (Å²) in [7, 11) is 0. The number of rotatable bonds is 4. The molecule has 7 nitrogen and oxygen atoms in total. The zero-order valence-corrected chi connectivity index (χ0v) is 18.7. The van der Waals surface area contributed by atoms with Crippen LogP contribution in [0.3, 0.4) is 0 Å². The van der Waals surface area contributed by atoms with Gasteiger partial charge in [0, 0.05) is 21.9 Å². The Kier molecular flexibility index (Phi) is 5.28. The Morgan fingerprint density at radius 1 is 1.09 bits per heavy atom. The van der Waals surface area contributed by atoms with Gasteiger partial charge in [-0.05, 0) is 36.8 Å². The molecule has 5 rings (SSSR count). The monoisotopic (exact) mass is 486 g/mol. The summed E-state index contributed by atoms with van der Waals surface area (Å²) in [6.45, 7) is 1.88. The quantitative estimate of drug-likeness (QED) is 0.422. The maximum Gasteiger partial charge on any atom is 0.255 e. The van der Waals surface area contributed by atoms with Crippen LogP contribution in [0.2, 0.25) is 0 Å². The number of aromatic nitrogens is 4. The van der Waals surface area contributed by atoms with Gasteiger partial charge in [-0.15, -0.1) is 5.10 Å². The zero-order chi connectivity index (χ0) is 22.1. The lowest BCUT2D eigenvalue weighted by atomic mass is 9.95. The van der Waals surface area contributed by atoms with E-state index in [0.717, 1.165) is 21.3 Å². The first-order valence-electron chi connectivity index (χ1n) is 10.1. The first-order chi connectivity index (χ1) is 15.6. The molecule has 0 unspecified atom stereocenters. The number of carbonyl (C=O) groups is 1. The predicted molar refractivity (Wildman–Crippen MR) is 127 cm³/mol. The van der Waals surface area contributed by atoms with Crippen LogP contribution in [0.4, 0.5) is 11.6 Å². The summed E-state index contributed by atoms with van der Waals surface area (Å²) in [5.41, 5.74) is 3.73. The summed E-state index contributed by atoms with van der Waals surface area (Å²) in [6.07, 6.45) is 3.28. The van der Waals surface area contributed by atoms with E-state index in [2.05, 4.69) is 31.5 Å². The van der Waals surface area contributed by atoms with Gasteiger partial charge >= 0.3 is 0 Å². The molecular weight excluding hydrogens is 468 g/mol. The average Bonchev–Trinajstić information content (AvgIpc) is 3.23. The molecule has 0 saturated heterocycles. The van der Waals surface area contributed by atoms with Crippen molar-refractivity contribution in [1.82, 2.24) is 19.7 Å². The average molecular weight is 487 g/mol. The largest absolute Gasteiger partial charge is 0.328 e. The number of hydrogen-bond donors (Lipinski definition) is 2. The number of hydrogen-bond acceptors (Lipinski definition) is 5. The van der Waals surface area contributed by atoms with Gasteiger partial charge < -0.3 is 10.6 Å². The molecular formula is C24H19BrN6O. The van der Waals surface area contributed by atoms with Crippen LogP contribution in [0.25, 0.3) is 11.4 Å². The number of pyridine rings is 1. The number of nitrogens with zero attached hydrogens (tertiary/aromatic N) is 4. The molecule has 158 valence electrons. The minimum Gasteiger partial charge on any atom is -0.328 e. The Morgan fingerprint density at radius 2 is 1.94 bits per heavy atom. The molecule has 0 bridgehead atoms. The van der Waals surface area contributed by atoms with E-state index in [1.54, 1.807) is 29.2 Å². The summed E-state index contributed by atoms with van der Waals surface area (Å²) < 4.78 is 2.69. The number of amides is 1. The molecule has 2 aromatic carbocycles. The minimum absolute atomic E-state index is 0.226. The lowest BCUT2D eigenvalue weighted by Crippen LogP contribution is -2.31. The van der Waals surface area contributed by atoms with Crippen LogP contribution in [0.5, 0.6) is 0 Å². The third-order valence-corrected chi connectivity index (χ3v) is 5.71. The van der Waals surface area contributed by atoms with Crippen molar-refractivity contribution in [3.05, 3.63) is 100 Å². The van der Waals surface area contributed by atoms with Crippen LogP contribution >= 0.6 is 15.9 Å². The Morgan fingerprint density at radius 3 is 2.69 bits per heavy atom. The van der Waals surface area contributed by atoms with Crippen molar-refractivity contribution in [3.63, 3.8) is 0 Å². The molecule has 1 aliphatic heterocycles. The van der Waals surface area contributed by atoms with Crippen molar-refractivity contribution in [1.29, 1.82) is 0 Å². The third kappa shape index (κ3) is 3.80. The molecule has 1 aliphatic rings. The summed E-state index contributed by atoms with van der Waals surface area (Å²) >= 11 is 3.55. The summed E-state index contributed by atoms with van der Waals surface area (Å²) in [5, 5.41) is 11.0. The van der Waals surface area contributed by atoms with Gasteiger partial charge in [0.25, 0.3) is 5.91 Å². The summed E-state index contributed by atoms with van der Waals surface area (Å²) in [6, 6.07) is 20.8. The molecule has 3 heterocycles. The predicted octanol–water partition coefficient (Wildman–Crippen LogP) is 5.03. The first kappa shape index (κ1) is 20.1. The van der Waals surface area contributed by atoms with E-state index in [9.17, 15) is 4.79 Å². The molecule has 1 amide bonds. The molecule has 0 spiro atoms. The van der Waals surface area contributed by atoms with Crippen molar-refractivity contribution >= 4 is 33.5 Å². The van der Waals surface area contributed by atoms with Crippen molar-refractivity contribution in [3.8, 4) is 11.4 Å². The topological polar surface area (TPSA) is 84.7 Å². The van der Waals surface area contributed by atoms with Crippen LogP contribution in [-0.2, 0) is 4.79 Å². The van der Waals surface area contributed by atoms with Gasteiger partial charge in [0.2, 0.25) is 5.95 Å². The fourth-order valence-electron chi connectivity index (χ4n) is 3.77. The van der Waals surface area contributed by atoms with Crippen LogP contribution in [0, 0.1) is 0 Å². The highest BCUT2D eigenvalue weighted by Crippen LogP contribution is 2.37. The molecule has 0 saturated carbocycles. The second-order valence-corrected chi connectivity index (χ2v) is 8.30. The first-order valence-corrected chi connectivity index (χ1v) is 10.9. The minimum atomic E-state index is -0.453. The van der Waals surface area contributed by atoms with Crippen LogP contribution in [-0.4, -0.2) is 25.7 Å². The van der Waals surface area contributed by atoms with Gasteiger partial charge in [0.05, 0.1) is 17.5 Å². The molecule has 0 aliphatic carbocycles.